The van der Waals surface area contributed by atoms with Crippen LogP contribution in [0.4, 0.5) is 52.7 Å². The summed E-state index contributed by atoms with van der Waals surface area (Å²) in [4.78, 5) is 87.0. The number of halogens is 12. The topological polar surface area (TPSA) is 240 Å². The van der Waals surface area contributed by atoms with Crippen LogP contribution in [0, 0.1) is 5.92 Å². The third-order valence-corrected chi connectivity index (χ3v) is 13.4. The Labute approximate surface area is 487 Å². The van der Waals surface area contributed by atoms with Crippen LogP contribution in [0.25, 0.3) is 0 Å². The molecule has 0 bridgehead atoms. The molecule has 0 aromatic carbocycles. The van der Waals surface area contributed by atoms with Crippen molar-refractivity contribution in [3.05, 3.63) is 12.2 Å². The predicted octanol–water partition coefficient (Wildman–Crippen LogP) is 11.2. The Bertz CT molecular complexity index is 1720. The van der Waals surface area contributed by atoms with Crippen LogP contribution in [0.1, 0.15) is 212 Å². The van der Waals surface area contributed by atoms with Crippen molar-refractivity contribution in [3.8, 4) is 0 Å². The average Bonchev–Trinajstić information content (AvgIpc) is 3.92. The molecule has 0 aromatic rings. The number of alkyl halides is 12. The smallest absolute Gasteiger partial charge is 0.356 e. The van der Waals surface area contributed by atoms with E-state index in [2.05, 4.69) is 21.3 Å². The van der Waals surface area contributed by atoms with Crippen LogP contribution in [0.5, 0.6) is 0 Å². The number of hydrogen-bond donors (Lipinski definition) is 6. The molecule has 0 fully saturated rings. The van der Waals surface area contributed by atoms with E-state index in [0.717, 1.165) is 97.2 Å². The number of ketones is 4. The second-order valence-corrected chi connectivity index (χ2v) is 20.9. The maximum Gasteiger partial charge on any atom is 0.458 e. The third kappa shape index (κ3) is 47.7. The van der Waals surface area contributed by atoms with E-state index in [-0.39, 0.29) is 23.6 Å². The molecule has 8 N–H and O–H groups in total. The Morgan fingerprint density at radius 1 is 0.369 bits per heavy atom. The highest BCUT2D eigenvalue weighted by atomic mass is 19.4. The SMILES string of the molecule is NCCCCNCC(CCCCCCNC(=O)CCCCCCCCCCCCCCCCCCCCCCCNC(=O)CCCN1C(=O)C=CC1=O)CNCCCCN.O=C(C(=O)C(F)(F)F)C(F)(F)F.O=C(C(=O)C(F)(F)F)C(F)(F)F. The van der Waals surface area contributed by atoms with E-state index < -0.39 is 47.8 Å². The molecular weight excluding hydrogens is 1140 g/mol. The highest BCUT2D eigenvalue weighted by molar-refractivity contribution is 6.41. The number of unbranched alkanes of at least 4 members (excludes halogenated alkanes) is 25. The lowest BCUT2D eigenvalue weighted by molar-refractivity contribution is -0.193. The highest BCUT2D eigenvalue weighted by Crippen LogP contribution is 2.25. The van der Waals surface area contributed by atoms with Crippen LogP contribution < -0.4 is 32.7 Å². The van der Waals surface area contributed by atoms with Gasteiger partial charge in [0.1, 0.15) is 0 Å². The van der Waals surface area contributed by atoms with Crippen molar-refractivity contribution < 1.29 is 91.0 Å². The number of nitrogens with zero attached hydrogens (tertiary/aromatic N) is 1. The minimum Gasteiger partial charge on any atom is -0.356 e. The van der Waals surface area contributed by atoms with Crippen molar-refractivity contribution >= 4 is 46.8 Å². The quantitative estimate of drug-likeness (QED) is 0.0144. The fourth-order valence-corrected chi connectivity index (χ4v) is 8.55. The molecule has 0 aliphatic carbocycles. The standard InChI is InChI=1S/C49H95N7O4.2C4F6O2/c50-36-24-28-38-52-43-45(44-53-39-29-25-37-51)31-22-19-21-27-41-54-46(57)32-23-18-16-14-12-10-8-6-4-2-1-3-5-7-9-11-13-15-17-20-26-40-55-47(58)33-30-42-56-48(59)34-35-49(56)60;2*5-3(6,7)1(11)2(12)4(8,9)10/h34-35,45,52-53H,1-33,36-44,50-51H2,(H,54,57)(H,55,58);;. The van der Waals surface area contributed by atoms with E-state index in [1.54, 1.807) is 0 Å². The Morgan fingerprint density at radius 3 is 0.929 bits per heavy atom. The summed E-state index contributed by atoms with van der Waals surface area (Å²) in [6.07, 6.45) is 18.8. The van der Waals surface area contributed by atoms with E-state index in [4.69, 9.17) is 11.5 Å². The molecular formula is C57H95F12N7O8. The van der Waals surface area contributed by atoms with Crippen LogP contribution in [-0.2, 0) is 38.4 Å². The summed E-state index contributed by atoms with van der Waals surface area (Å²) < 4.78 is 134. The van der Waals surface area contributed by atoms with Crippen molar-refractivity contribution in [2.75, 3.05) is 58.9 Å². The first-order valence-electron chi connectivity index (χ1n) is 29.9. The summed E-state index contributed by atoms with van der Waals surface area (Å²) in [5, 5.41) is 13.4. The number of imide groups is 1. The molecule has 0 saturated carbocycles. The summed E-state index contributed by atoms with van der Waals surface area (Å²) in [6.45, 7) is 7.65. The van der Waals surface area contributed by atoms with E-state index in [9.17, 15) is 91.0 Å². The van der Waals surface area contributed by atoms with Crippen LogP contribution in [0.3, 0.4) is 0 Å². The van der Waals surface area contributed by atoms with Gasteiger partial charge in [-0.1, -0.05) is 141 Å². The van der Waals surface area contributed by atoms with Gasteiger partial charge in [-0.15, -0.1) is 0 Å². The number of carbonyl (C=O) groups is 8. The molecule has 1 aliphatic heterocycles. The van der Waals surface area contributed by atoms with Crippen molar-refractivity contribution in [2.45, 2.75) is 237 Å². The fourth-order valence-electron chi connectivity index (χ4n) is 8.55. The van der Waals surface area contributed by atoms with Gasteiger partial charge in [-0.05, 0) is 103 Å². The largest absolute Gasteiger partial charge is 0.458 e. The molecule has 0 radical (unpaired) electrons. The first-order chi connectivity index (χ1) is 39.6. The van der Waals surface area contributed by atoms with E-state index in [1.165, 1.54) is 158 Å². The molecule has 490 valence electrons. The lowest BCUT2D eigenvalue weighted by Crippen LogP contribution is -2.39. The summed E-state index contributed by atoms with van der Waals surface area (Å²) in [5.74, 6) is -13.3. The minimum atomic E-state index is -5.77. The van der Waals surface area contributed by atoms with Crippen molar-refractivity contribution in [1.29, 1.82) is 0 Å². The lowest BCUT2D eigenvalue weighted by Gasteiger charge is -2.18. The summed E-state index contributed by atoms with van der Waals surface area (Å²) in [7, 11) is 0. The third-order valence-electron chi connectivity index (χ3n) is 13.4. The first-order valence-corrected chi connectivity index (χ1v) is 29.9. The average molecular weight is 1230 g/mol. The zero-order valence-corrected chi connectivity index (χ0v) is 48.8. The Balaban J connectivity index is 0. The van der Waals surface area contributed by atoms with Gasteiger partial charge in [-0.2, -0.15) is 52.7 Å². The molecule has 0 spiro atoms. The van der Waals surface area contributed by atoms with Crippen molar-refractivity contribution in [1.82, 2.24) is 26.2 Å². The number of rotatable bonds is 49. The van der Waals surface area contributed by atoms with Crippen LogP contribution in [-0.4, -0.2) is 135 Å². The summed E-state index contributed by atoms with van der Waals surface area (Å²) in [5.41, 5.74) is 11.3. The Morgan fingerprint density at radius 2 is 0.631 bits per heavy atom. The normalized spacial score (nSPS) is 12.7. The number of amides is 4. The maximum atomic E-state index is 12.3. The van der Waals surface area contributed by atoms with Gasteiger partial charge in [0.2, 0.25) is 11.8 Å². The van der Waals surface area contributed by atoms with Crippen LogP contribution in [0.15, 0.2) is 12.2 Å². The molecule has 27 heteroatoms. The van der Waals surface area contributed by atoms with Gasteiger partial charge in [0, 0.05) is 44.6 Å². The van der Waals surface area contributed by atoms with Gasteiger partial charge in [0.25, 0.3) is 11.8 Å². The van der Waals surface area contributed by atoms with Gasteiger partial charge >= 0.3 is 47.8 Å². The van der Waals surface area contributed by atoms with Gasteiger partial charge in [0.05, 0.1) is 0 Å². The Hall–Kier alpha value is -4.50. The van der Waals surface area contributed by atoms with Crippen LogP contribution in [0.2, 0.25) is 0 Å². The van der Waals surface area contributed by atoms with Crippen molar-refractivity contribution in [3.63, 3.8) is 0 Å². The molecule has 0 atom stereocenters. The molecule has 1 heterocycles. The fraction of sp³-hybridized carbons (Fsp3) is 0.825. The van der Waals surface area contributed by atoms with E-state index >= 15 is 0 Å². The number of carbonyl (C=O) groups excluding carboxylic acids is 8. The van der Waals surface area contributed by atoms with E-state index in [0.29, 0.717) is 38.3 Å². The summed E-state index contributed by atoms with van der Waals surface area (Å²) >= 11 is 0. The minimum absolute atomic E-state index is 0.000289. The van der Waals surface area contributed by atoms with Crippen LogP contribution >= 0.6 is 0 Å². The second-order valence-electron chi connectivity index (χ2n) is 20.9. The zero-order chi connectivity index (χ0) is 63.7. The number of hydrogen-bond acceptors (Lipinski definition) is 12. The molecule has 84 heavy (non-hydrogen) atoms. The molecule has 0 unspecified atom stereocenters. The maximum absolute atomic E-state index is 12.3. The first kappa shape index (κ1) is 81.6. The molecule has 0 saturated heterocycles. The van der Waals surface area contributed by atoms with Gasteiger partial charge in [-0.25, -0.2) is 0 Å². The molecule has 4 amide bonds. The second kappa shape index (κ2) is 49.6. The molecule has 0 aromatic heterocycles. The zero-order valence-electron chi connectivity index (χ0n) is 48.8. The predicted molar refractivity (Wildman–Crippen MR) is 296 cm³/mol. The lowest BCUT2D eigenvalue weighted by atomic mass is 10.00. The molecule has 1 aliphatic rings. The highest BCUT2D eigenvalue weighted by Gasteiger charge is 2.55. The monoisotopic (exact) mass is 1230 g/mol. The summed E-state index contributed by atoms with van der Waals surface area (Å²) in [6, 6.07) is 0. The molecule has 1 rings (SSSR count). The number of nitrogens with one attached hydrogen (secondary N) is 4. The number of Topliss-reactive ketones (excluding diaryl/α,β-unsaturated/α-hetero) is 4. The van der Waals surface area contributed by atoms with Gasteiger partial charge in [0.15, 0.2) is 0 Å². The van der Waals surface area contributed by atoms with E-state index in [1.807, 2.05) is 0 Å². The number of nitrogens with two attached hydrogens (primary N) is 2. The van der Waals surface area contributed by atoms with Gasteiger partial charge in [-0.3, -0.25) is 43.3 Å². The Kier molecular flexibility index (Phi) is 48.2. The van der Waals surface area contributed by atoms with Crippen molar-refractivity contribution in [2.24, 2.45) is 17.4 Å². The molecule has 15 nitrogen and oxygen atoms in total. The van der Waals surface area contributed by atoms with Gasteiger partial charge < -0.3 is 32.7 Å².